The molecule has 5 heteroatoms. The van der Waals surface area contributed by atoms with E-state index in [1.54, 1.807) is 12.1 Å². The van der Waals surface area contributed by atoms with Gasteiger partial charge in [0.1, 0.15) is 0 Å². The Balaban J connectivity index is 2.02. The van der Waals surface area contributed by atoms with E-state index in [9.17, 15) is 4.79 Å². The van der Waals surface area contributed by atoms with Gasteiger partial charge in [-0.05, 0) is 42.3 Å². The molecule has 3 nitrogen and oxygen atoms in total. The lowest BCUT2D eigenvalue weighted by Crippen LogP contribution is -2.18. The Morgan fingerprint density at radius 2 is 1.95 bits per heavy atom. The minimum atomic E-state index is -0.926. The average molecular weight is 369 g/mol. The molecular formula is C16H15BrClNO2. The SMILES string of the molecule is CC(NCc1ccc(C(=O)O)cc1Br)c1ccc(Cl)cc1. The highest BCUT2D eigenvalue weighted by Crippen LogP contribution is 2.21. The third kappa shape index (κ3) is 4.30. The highest BCUT2D eigenvalue weighted by Gasteiger charge is 2.09. The molecule has 0 heterocycles. The summed E-state index contributed by atoms with van der Waals surface area (Å²) >= 11 is 9.29. The first-order chi connectivity index (χ1) is 9.97. The van der Waals surface area contributed by atoms with Gasteiger partial charge in [-0.1, -0.05) is 45.7 Å². The van der Waals surface area contributed by atoms with E-state index in [-0.39, 0.29) is 11.6 Å². The zero-order valence-corrected chi connectivity index (χ0v) is 13.8. The maximum Gasteiger partial charge on any atom is 0.335 e. The van der Waals surface area contributed by atoms with Crippen molar-refractivity contribution in [3.63, 3.8) is 0 Å². The van der Waals surface area contributed by atoms with E-state index >= 15 is 0 Å². The predicted octanol–water partition coefficient (Wildman–Crippen LogP) is 4.65. The van der Waals surface area contributed by atoms with Crippen molar-refractivity contribution in [3.05, 3.63) is 68.7 Å². The predicted molar refractivity (Wildman–Crippen MR) is 87.8 cm³/mol. The van der Waals surface area contributed by atoms with Crippen molar-refractivity contribution < 1.29 is 9.90 Å². The molecule has 1 atom stereocenters. The zero-order chi connectivity index (χ0) is 15.4. The molecule has 0 amide bonds. The monoisotopic (exact) mass is 367 g/mol. The van der Waals surface area contributed by atoms with Gasteiger partial charge in [-0.3, -0.25) is 0 Å². The molecule has 0 aliphatic carbocycles. The lowest BCUT2D eigenvalue weighted by molar-refractivity contribution is 0.0697. The van der Waals surface area contributed by atoms with E-state index in [0.717, 1.165) is 20.6 Å². The van der Waals surface area contributed by atoms with Gasteiger partial charge >= 0.3 is 5.97 Å². The second-order valence-corrected chi connectivity index (χ2v) is 6.06. The summed E-state index contributed by atoms with van der Waals surface area (Å²) in [7, 11) is 0. The number of rotatable bonds is 5. The molecule has 0 spiro atoms. The van der Waals surface area contributed by atoms with Gasteiger partial charge in [-0.15, -0.1) is 0 Å². The van der Waals surface area contributed by atoms with Crippen LogP contribution in [0.4, 0.5) is 0 Å². The number of carboxylic acids is 1. The highest BCUT2D eigenvalue weighted by molar-refractivity contribution is 9.10. The second kappa shape index (κ2) is 7.07. The Kier molecular flexibility index (Phi) is 5.39. The molecule has 0 aliphatic heterocycles. The minimum absolute atomic E-state index is 0.174. The lowest BCUT2D eigenvalue weighted by Gasteiger charge is -2.15. The number of aromatic carboxylic acids is 1. The summed E-state index contributed by atoms with van der Waals surface area (Å²) in [6, 6.07) is 12.9. The van der Waals surface area contributed by atoms with E-state index in [0.29, 0.717) is 6.54 Å². The van der Waals surface area contributed by atoms with Crippen LogP contribution >= 0.6 is 27.5 Å². The summed E-state index contributed by atoms with van der Waals surface area (Å²) < 4.78 is 0.790. The smallest absolute Gasteiger partial charge is 0.335 e. The summed E-state index contributed by atoms with van der Waals surface area (Å²) in [5, 5.41) is 13.1. The number of carbonyl (C=O) groups is 1. The Morgan fingerprint density at radius 1 is 1.29 bits per heavy atom. The van der Waals surface area contributed by atoms with Gasteiger partial charge in [-0.25, -0.2) is 4.79 Å². The molecule has 0 fully saturated rings. The first kappa shape index (κ1) is 16.0. The van der Waals surface area contributed by atoms with Crippen molar-refractivity contribution in [2.24, 2.45) is 0 Å². The third-order valence-corrected chi connectivity index (χ3v) is 4.26. The first-order valence-electron chi connectivity index (χ1n) is 6.48. The van der Waals surface area contributed by atoms with Crippen LogP contribution in [-0.4, -0.2) is 11.1 Å². The van der Waals surface area contributed by atoms with Gasteiger partial charge in [0.25, 0.3) is 0 Å². The van der Waals surface area contributed by atoms with E-state index < -0.39 is 5.97 Å². The Bertz CT molecular complexity index is 643. The average Bonchev–Trinajstić information content (AvgIpc) is 2.46. The topological polar surface area (TPSA) is 49.3 Å². The van der Waals surface area contributed by atoms with Gasteiger partial charge in [0.2, 0.25) is 0 Å². The Labute approximate surface area is 137 Å². The summed E-state index contributed by atoms with van der Waals surface area (Å²) in [6.07, 6.45) is 0. The van der Waals surface area contributed by atoms with Crippen LogP contribution in [0.2, 0.25) is 5.02 Å². The fraction of sp³-hybridized carbons (Fsp3) is 0.188. The zero-order valence-electron chi connectivity index (χ0n) is 11.4. The summed E-state index contributed by atoms with van der Waals surface area (Å²) in [5.74, 6) is -0.926. The van der Waals surface area contributed by atoms with Crippen LogP contribution < -0.4 is 5.32 Å². The molecule has 0 saturated heterocycles. The van der Waals surface area contributed by atoms with Crippen molar-refractivity contribution in [3.8, 4) is 0 Å². The van der Waals surface area contributed by atoms with Crippen molar-refractivity contribution in [2.75, 3.05) is 0 Å². The van der Waals surface area contributed by atoms with Crippen LogP contribution in [0.3, 0.4) is 0 Å². The van der Waals surface area contributed by atoms with Gasteiger partial charge in [-0.2, -0.15) is 0 Å². The van der Waals surface area contributed by atoms with Crippen LogP contribution in [-0.2, 0) is 6.54 Å². The molecule has 1 unspecified atom stereocenters. The molecule has 2 aromatic carbocycles. The normalized spacial score (nSPS) is 12.1. The number of hydrogen-bond acceptors (Lipinski definition) is 2. The quantitative estimate of drug-likeness (QED) is 0.807. The molecular weight excluding hydrogens is 354 g/mol. The third-order valence-electron chi connectivity index (χ3n) is 3.27. The number of carboxylic acid groups (broad SMARTS) is 1. The maximum absolute atomic E-state index is 10.9. The molecule has 2 N–H and O–H groups in total. The van der Waals surface area contributed by atoms with Crippen molar-refractivity contribution >= 4 is 33.5 Å². The molecule has 21 heavy (non-hydrogen) atoms. The molecule has 0 radical (unpaired) electrons. The lowest BCUT2D eigenvalue weighted by atomic mass is 10.1. The van der Waals surface area contributed by atoms with Gasteiger partial charge < -0.3 is 10.4 Å². The summed E-state index contributed by atoms with van der Waals surface area (Å²) in [6.45, 7) is 2.72. The van der Waals surface area contributed by atoms with Crippen LogP contribution in [0.15, 0.2) is 46.9 Å². The van der Waals surface area contributed by atoms with E-state index in [4.69, 9.17) is 16.7 Å². The second-order valence-electron chi connectivity index (χ2n) is 4.77. The maximum atomic E-state index is 10.9. The number of nitrogens with one attached hydrogen (secondary N) is 1. The van der Waals surface area contributed by atoms with E-state index in [1.165, 1.54) is 0 Å². The number of hydrogen-bond donors (Lipinski definition) is 2. The largest absolute Gasteiger partial charge is 0.478 e. The Hall–Kier alpha value is -1.36. The van der Waals surface area contributed by atoms with Gasteiger partial charge in [0.15, 0.2) is 0 Å². The van der Waals surface area contributed by atoms with Crippen LogP contribution in [0.1, 0.15) is 34.5 Å². The van der Waals surface area contributed by atoms with Crippen LogP contribution in [0.5, 0.6) is 0 Å². The Morgan fingerprint density at radius 3 is 2.52 bits per heavy atom. The first-order valence-corrected chi connectivity index (χ1v) is 7.65. The van der Waals surface area contributed by atoms with Gasteiger partial charge in [0, 0.05) is 22.1 Å². The molecule has 0 saturated carbocycles. The van der Waals surface area contributed by atoms with E-state index in [1.807, 2.05) is 30.3 Å². The highest BCUT2D eigenvalue weighted by atomic mass is 79.9. The fourth-order valence-electron chi connectivity index (χ4n) is 1.96. The van der Waals surface area contributed by atoms with Crippen molar-refractivity contribution in [1.29, 1.82) is 0 Å². The van der Waals surface area contributed by atoms with Crippen LogP contribution in [0, 0.1) is 0 Å². The van der Waals surface area contributed by atoms with Crippen molar-refractivity contribution in [2.45, 2.75) is 19.5 Å². The standard InChI is InChI=1S/C16H15BrClNO2/c1-10(11-4-6-14(18)7-5-11)19-9-13-3-2-12(16(20)21)8-15(13)17/h2-8,10,19H,9H2,1H3,(H,20,21). The van der Waals surface area contributed by atoms with E-state index in [2.05, 4.69) is 28.2 Å². The number of benzene rings is 2. The summed E-state index contributed by atoms with van der Waals surface area (Å²) in [4.78, 5) is 10.9. The van der Waals surface area contributed by atoms with Gasteiger partial charge in [0.05, 0.1) is 5.56 Å². The fourth-order valence-corrected chi connectivity index (χ4v) is 2.60. The van der Waals surface area contributed by atoms with Crippen LogP contribution in [0.25, 0.3) is 0 Å². The number of halogens is 2. The molecule has 0 aromatic heterocycles. The minimum Gasteiger partial charge on any atom is -0.478 e. The molecule has 0 bridgehead atoms. The molecule has 0 aliphatic rings. The molecule has 2 aromatic rings. The summed E-state index contributed by atoms with van der Waals surface area (Å²) in [5.41, 5.74) is 2.44. The molecule has 110 valence electrons. The van der Waals surface area contributed by atoms with Crippen molar-refractivity contribution in [1.82, 2.24) is 5.32 Å². The molecule has 2 rings (SSSR count).